The molecule has 18 heavy (non-hydrogen) atoms. The summed E-state index contributed by atoms with van der Waals surface area (Å²) in [6, 6.07) is 9.89. The molecule has 1 aromatic rings. The summed E-state index contributed by atoms with van der Waals surface area (Å²) in [5, 5.41) is 0. The summed E-state index contributed by atoms with van der Waals surface area (Å²) in [7, 11) is -2.01. The number of benzene rings is 1. The van der Waals surface area contributed by atoms with Crippen LogP contribution in [0.15, 0.2) is 36.1 Å². The van der Waals surface area contributed by atoms with E-state index in [-0.39, 0.29) is 40.1 Å². The van der Waals surface area contributed by atoms with E-state index in [2.05, 4.69) is 0 Å². The fraction of sp³-hybridized carbons (Fsp3) is 0.400. The second-order valence-corrected chi connectivity index (χ2v) is 6.33. The molecule has 0 N–H and O–H groups in total. The van der Waals surface area contributed by atoms with E-state index >= 15 is 0 Å². The number of hydrogen-bond donors (Lipinski definition) is 0. The molecule has 0 aliphatic carbocycles. The van der Waals surface area contributed by atoms with Crippen molar-refractivity contribution in [3.63, 3.8) is 0 Å². The van der Waals surface area contributed by atoms with E-state index in [0.29, 0.717) is 0 Å². The average Bonchev–Trinajstić information content (AvgIpc) is 2.32. The Kier molecular flexibility index (Phi) is 25.7. The molecule has 1 rings (SSSR count). The molecule has 0 amide bonds. The third-order valence-electron chi connectivity index (χ3n) is 1.43. The molecule has 1 radical (unpaired) electrons. The topological polar surface area (TPSA) is 17.1 Å². The Labute approximate surface area is 140 Å². The zero-order valence-electron chi connectivity index (χ0n) is 13.0. The van der Waals surface area contributed by atoms with E-state index in [4.69, 9.17) is 0 Å². The number of rotatable bonds is 2. The number of hydrogen-bond acceptors (Lipinski definition) is 1. The van der Waals surface area contributed by atoms with Crippen LogP contribution in [0.3, 0.4) is 0 Å². The predicted molar refractivity (Wildman–Crippen MR) is 84.0 cm³/mol. The van der Waals surface area contributed by atoms with E-state index in [0.717, 1.165) is 5.56 Å². The summed E-state index contributed by atoms with van der Waals surface area (Å²) in [5.41, 5.74) is 1.10. The first-order valence-corrected chi connectivity index (χ1v) is 8.54. The molecule has 0 spiro atoms. The van der Waals surface area contributed by atoms with Gasteiger partial charge in [-0.05, 0) is 24.7 Å². The first kappa shape index (κ1) is 26.8. The third kappa shape index (κ3) is 18.7. The fourth-order valence-corrected chi connectivity index (χ4v) is 1.36. The summed E-state index contributed by atoms with van der Waals surface area (Å²) >= 11 is 0. The Hall–Kier alpha value is 0.294. The van der Waals surface area contributed by atoms with E-state index in [9.17, 15) is 4.57 Å². The van der Waals surface area contributed by atoms with Crippen LogP contribution >= 0.6 is 7.14 Å². The second kappa shape index (κ2) is 17.3. The molecule has 1 aromatic carbocycles. The van der Waals surface area contributed by atoms with Crippen LogP contribution in [0.5, 0.6) is 0 Å². The normalized spacial score (nSPS) is 8.78. The second-order valence-electron chi connectivity index (χ2n) is 3.16. The van der Waals surface area contributed by atoms with Gasteiger partial charge in [0.2, 0.25) is 0 Å². The molecule has 0 atom stereocenters. The summed E-state index contributed by atoms with van der Waals surface area (Å²) in [4.78, 5) is 0. The molecule has 0 heterocycles. The van der Waals surface area contributed by atoms with Crippen LogP contribution < -0.4 is 0 Å². The Balaban J connectivity index is -0.000000149. The van der Waals surface area contributed by atoms with Gasteiger partial charge in [-0.2, -0.15) is 0 Å². The summed E-state index contributed by atoms with van der Waals surface area (Å²) in [5.74, 6) is 1.78. The van der Waals surface area contributed by atoms with E-state index in [1.54, 1.807) is 19.1 Å². The largest absolute Gasteiger partial charge is 0.358 e. The molecule has 0 aromatic heterocycles. The van der Waals surface area contributed by atoms with Gasteiger partial charge in [-0.3, -0.25) is 0 Å². The van der Waals surface area contributed by atoms with Crippen LogP contribution in [0.1, 0.15) is 33.3 Å². The van der Waals surface area contributed by atoms with Gasteiger partial charge in [0, 0.05) is 32.7 Å². The van der Waals surface area contributed by atoms with Crippen molar-refractivity contribution in [2.45, 2.75) is 27.7 Å². The summed E-state index contributed by atoms with van der Waals surface area (Å²) in [6.07, 6.45) is 1.90. The monoisotopic (exact) mass is 344 g/mol. The first-order valence-electron chi connectivity index (χ1n) is 5.87. The fourth-order valence-electron chi connectivity index (χ4n) is 0.830. The SMILES string of the molecule is CC.CC.CP(C)(=O)/C=C/c1ccccc1.[CH3-].[Y]. The van der Waals surface area contributed by atoms with E-state index in [1.165, 1.54) is 0 Å². The quantitative estimate of drug-likeness (QED) is 0.491. The van der Waals surface area contributed by atoms with Crippen LogP contribution in [-0.2, 0) is 37.3 Å². The minimum atomic E-state index is -2.01. The van der Waals surface area contributed by atoms with Gasteiger partial charge in [0.15, 0.2) is 0 Å². The van der Waals surface area contributed by atoms with Crippen LogP contribution in [0, 0.1) is 7.43 Å². The van der Waals surface area contributed by atoms with Gasteiger partial charge in [-0.15, -0.1) is 0 Å². The summed E-state index contributed by atoms with van der Waals surface area (Å²) in [6.45, 7) is 11.5. The molecule has 0 aliphatic heterocycles. The molecule has 0 fully saturated rings. The molecule has 1 nitrogen and oxygen atoms in total. The Morgan fingerprint density at radius 1 is 0.944 bits per heavy atom. The van der Waals surface area contributed by atoms with Crippen molar-refractivity contribution in [2.75, 3.05) is 13.3 Å². The van der Waals surface area contributed by atoms with Crippen molar-refractivity contribution in [3.8, 4) is 0 Å². The third-order valence-corrected chi connectivity index (χ3v) is 2.29. The smallest absolute Gasteiger partial charge is 0.102 e. The molecular formula is C15H28OPY-. The molecule has 0 saturated carbocycles. The maximum Gasteiger partial charge on any atom is 0.102 e. The maximum absolute atomic E-state index is 11.3. The Morgan fingerprint density at radius 3 is 1.67 bits per heavy atom. The van der Waals surface area contributed by atoms with Gasteiger partial charge < -0.3 is 12.0 Å². The van der Waals surface area contributed by atoms with Gasteiger partial charge in [-0.25, -0.2) is 0 Å². The Morgan fingerprint density at radius 2 is 1.33 bits per heavy atom. The Bertz CT molecular complexity index is 315. The summed E-state index contributed by atoms with van der Waals surface area (Å²) < 4.78 is 11.3. The van der Waals surface area contributed by atoms with Crippen molar-refractivity contribution in [2.24, 2.45) is 0 Å². The average molecular weight is 344 g/mol. The van der Waals surface area contributed by atoms with Gasteiger partial charge in [0.25, 0.3) is 0 Å². The van der Waals surface area contributed by atoms with Crippen molar-refractivity contribution >= 4 is 13.2 Å². The van der Waals surface area contributed by atoms with Crippen molar-refractivity contribution in [3.05, 3.63) is 49.1 Å². The van der Waals surface area contributed by atoms with E-state index < -0.39 is 7.14 Å². The molecule has 103 valence electrons. The van der Waals surface area contributed by atoms with Gasteiger partial charge >= 0.3 is 0 Å². The van der Waals surface area contributed by atoms with Crippen LogP contribution in [0.2, 0.25) is 0 Å². The van der Waals surface area contributed by atoms with Crippen molar-refractivity contribution in [1.29, 1.82) is 0 Å². The zero-order valence-corrected chi connectivity index (χ0v) is 16.7. The van der Waals surface area contributed by atoms with Gasteiger partial charge in [0.05, 0.1) is 0 Å². The van der Waals surface area contributed by atoms with Gasteiger partial charge in [-0.1, -0.05) is 64.1 Å². The molecule has 3 heteroatoms. The van der Waals surface area contributed by atoms with Crippen molar-refractivity contribution in [1.82, 2.24) is 0 Å². The standard InChI is InChI=1S/C10H13OP.2C2H6.CH3.Y/c1-12(2,11)9-8-10-6-4-3-5-7-10;2*1-2;;/h3-9H,1-2H3;2*1-2H3;1H3;/q;;;-1;/b9-8+;;;;. The van der Waals surface area contributed by atoms with Crippen LogP contribution in [-0.4, -0.2) is 13.3 Å². The zero-order chi connectivity index (χ0) is 13.0. The molecular weight excluding hydrogens is 316 g/mol. The van der Waals surface area contributed by atoms with Crippen LogP contribution in [0.25, 0.3) is 6.08 Å². The molecule has 0 unspecified atom stereocenters. The van der Waals surface area contributed by atoms with Crippen molar-refractivity contribution < 1.29 is 37.3 Å². The molecule has 0 saturated heterocycles. The van der Waals surface area contributed by atoms with Gasteiger partial charge in [0.1, 0.15) is 7.14 Å². The van der Waals surface area contributed by atoms with Crippen LogP contribution in [0.4, 0.5) is 0 Å². The molecule has 0 aliphatic rings. The minimum absolute atomic E-state index is 0. The minimum Gasteiger partial charge on any atom is -0.358 e. The van der Waals surface area contributed by atoms with E-state index in [1.807, 2.05) is 64.1 Å². The maximum atomic E-state index is 11.3. The predicted octanol–water partition coefficient (Wildman–Crippen LogP) is 5.78. The molecule has 0 bridgehead atoms. The first-order chi connectivity index (χ1) is 7.58.